The molecule has 1 N–H and O–H groups in total. The number of halogens is 1. The van der Waals surface area contributed by atoms with Crippen LogP contribution >= 0.6 is 0 Å². The highest BCUT2D eigenvalue weighted by molar-refractivity contribution is 5.77. The molecular weight excluding hydrogens is 377 g/mol. The quantitative estimate of drug-likeness (QED) is 0.676. The SMILES string of the molecule is CC(C)(C)CC(=O)N[C@H](C[C@H]1CCCCN1Cc1cccc(F)c1)c1ccccn1. The van der Waals surface area contributed by atoms with Crippen LogP contribution in [-0.2, 0) is 11.3 Å². The lowest BCUT2D eigenvalue weighted by Gasteiger charge is -2.38. The van der Waals surface area contributed by atoms with Crippen molar-refractivity contribution >= 4 is 5.91 Å². The summed E-state index contributed by atoms with van der Waals surface area (Å²) in [7, 11) is 0. The fourth-order valence-corrected chi connectivity index (χ4v) is 4.24. The van der Waals surface area contributed by atoms with Crippen LogP contribution in [-0.4, -0.2) is 28.4 Å². The molecule has 0 spiro atoms. The average Bonchev–Trinajstić information content (AvgIpc) is 2.68. The Bertz CT molecular complexity index is 819. The number of amides is 1. The van der Waals surface area contributed by atoms with E-state index in [2.05, 4.69) is 36.0 Å². The number of likely N-dealkylation sites (tertiary alicyclic amines) is 1. The Morgan fingerprint density at radius 1 is 1.23 bits per heavy atom. The average molecular weight is 412 g/mol. The van der Waals surface area contributed by atoms with Gasteiger partial charge in [0.1, 0.15) is 5.82 Å². The first-order chi connectivity index (χ1) is 14.3. The number of nitrogens with zero attached hydrogens (tertiary/aromatic N) is 2. The van der Waals surface area contributed by atoms with Crippen molar-refractivity contribution in [2.45, 2.75) is 71.5 Å². The minimum absolute atomic E-state index is 0.0608. The number of piperidine rings is 1. The zero-order valence-electron chi connectivity index (χ0n) is 18.4. The van der Waals surface area contributed by atoms with Gasteiger partial charge in [-0.2, -0.15) is 0 Å². The summed E-state index contributed by atoms with van der Waals surface area (Å²) >= 11 is 0. The fourth-order valence-electron chi connectivity index (χ4n) is 4.24. The van der Waals surface area contributed by atoms with E-state index in [0.717, 1.165) is 43.6 Å². The number of carbonyl (C=O) groups is 1. The molecule has 0 aliphatic carbocycles. The molecule has 1 aromatic carbocycles. The predicted molar refractivity (Wildman–Crippen MR) is 118 cm³/mol. The highest BCUT2D eigenvalue weighted by Crippen LogP contribution is 2.28. The Labute approximate surface area is 179 Å². The van der Waals surface area contributed by atoms with Crippen molar-refractivity contribution in [3.8, 4) is 0 Å². The van der Waals surface area contributed by atoms with Crippen molar-refractivity contribution in [3.63, 3.8) is 0 Å². The maximum Gasteiger partial charge on any atom is 0.221 e. The maximum atomic E-state index is 13.7. The summed E-state index contributed by atoms with van der Waals surface area (Å²) in [4.78, 5) is 19.7. The minimum atomic E-state index is -0.193. The lowest BCUT2D eigenvalue weighted by molar-refractivity contribution is -0.123. The van der Waals surface area contributed by atoms with Crippen molar-refractivity contribution in [1.82, 2.24) is 15.2 Å². The molecular formula is C25H34FN3O. The number of aromatic nitrogens is 1. The molecule has 0 radical (unpaired) electrons. The maximum absolute atomic E-state index is 13.7. The normalized spacial score (nSPS) is 18.7. The summed E-state index contributed by atoms with van der Waals surface area (Å²) in [5.41, 5.74) is 1.83. The minimum Gasteiger partial charge on any atom is -0.348 e. The van der Waals surface area contributed by atoms with Gasteiger partial charge in [-0.05, 0) is 61.1 Å². The molecule has 3 rings (SSSR count). The Balaban J connectivity index is 1.74. The summed E-state index contributed by atoms with van der Waals surface area (Å²) in [5, 5.41) is 3.24. The number of rotatable bonds is 7. The van der Waals surface area contributed by atoms with Gasteiger partial charge in [0.15, 0.2) is 0 Å². The van der Waals surface area contributed by atoms with E-state index in [4.69, 9.17) is 0 Å². The van der Waals surface area contributed by atoms with E-state index in [-0.39, 0.29) is 23.2 Å². The van der Waals surface area contributed by atoms with Crippen molar-refractivity contribution in [1.29, 1.82) is 0 Å². The molecule has 1 fully saturated rings. The monoisotopic (exact) mass is 411 g/mol. The summed E-state index contributed by atoms with van der Waals surface area (Å²) in [5.74, 6) is -0.132. The third-order valence-corrected chi connectivity index (χ3v) is 5.60. The zero-order chi connectivity index (χ0) is 21.6. The second-order valence-corrected chi connectivity index (χ2v) is 9.60. The second-order valence-electron chi connectivity index (χ2n) is 9.60. The van der Waals surface area contributed by atoms with E-state index >= 15 is 0 Å². The summed E-state index contributed by atoms with van der Waals surface area (Å²) in [6.07, 6.45) is 6.47. The molecule has 1 amide bonds. The molecule has 5 heteroatoms. The van der Waals surface area contributed by atoms with Gasteiger partial charge in [-0.1, -0.05) is 45.4 Å². The highest BCUT2D eigenvalue weighted by Gasteiger charge is 2.28. The van der Waals surface area contributed by atoms with Crippen molar-refractivity contribution in [2.24, 2.45) is 5.41 Å². The molecule has 2 heterocycles. The van der Waals surface area contributed by atoms with Crippen LogP contribution in [0.3, 0.4) is 0 Å². The van der Waals surface area contributed by atoms with Gasteiger partial charge in [0.25, 0.3) is 0 Å². The first kappa shape index (κ1) is 22.4. The van der Waals surface area contributed by atoms with Crippen LogP contribution < -0.4 is 5.32 Å². The van der Waals surface area contributed by atoms with Gasteiger partial charge in [0.2, 0.25) is 5.91 Å². The topological polar surface area (TPSA) is 45.2 Å². The van der Waals surface area contributed by atoms with Crippen LogP contribution in [0, 0.1) is 11.2 Å². The number of hydrogen-bond acceptors (Lipinski definition) is 3. The summed E-state index contributed by atoms with van der Waals surface area (Å²) in [6.45, 7) is 7.94. The molecule has 1 aromatic heterocycles. The highest BCUT2D eigenvalue weighted by atomic mass is 19.1. The Kier molecular flexibility index (Phi) is 7.59. The van der Waals surface area contributed by atoms with E-state index in [9.17, 15) is 9.18 Å². The van der Waals surface area contributed by atoms with Gasteiger partial charge in [-0.15, -0.1) is 0 Å². The number of nitrogens with one attached hydrogen (secondary N) is 1. The van der Waals surface area contributed by atoms with Gasteiger partial charge in [0, 0.05) is 25.2 Å². The number of hydrogen-bond donors (Lipinski definition) is 1. The van der Waals surface area contributed by atoms with Crippen LogP contribution in [0.1, 0.15) is 70.2 Å². The summed E-state index contributed by atoms with van der Waals surface area (Å²) in [6, 6.07) is 12.9. The number of benzene rings is 1. The smallest absolute Gasteiger partial charge is 0.221 e. The van der Waals surface area contributed by atoms with Crippen LogP contribution in [0.4, 0.5) is 4.39 Å². The fraction of sp³-hybridized carbons (Fsp3) is 0.520. The first-order valence-corrected chi connectivity index (χ1v) is 11.0. The van der Waals surface area contributed by atoms with E-state index in [0.29, 0.717) is 12.5 Å². The molecule has 4 nitrogen and oxygen atoms in total. The molecule has 1 aliphatic rings. The Morgan fingerprint density at radius 2 is 2.07 bits per heavy atom. The Hall–Kier alpha value is -2.27. The number of pyridine rings is 1. The molecule has 1 saturated heterocycles. The molecule has 30 heavy (non-hydrogen) atoms. The predicted octanol–water partition coefficient (Wildman–Crippen LogP) is 5.26. The van der Waals surface area contributed by atoms with Gasteiger partial charge in [0.05, 0.1) is 11.7 Å². The lowest BCUT2D eigenvalue weighted by Crippen LogP contribution is -2.42. The molecule has 0 unspecified atom stereocenters. The largest absolute Gasteiger partial charge is 0.348 e. The van der Waals surface area contributed by atoms with Crippen LogP contribution in [0.15, 0.2) is 48.7 Å². The molecule has 2 atom stereocenters. The lowest BCUT2D eigenvalue weighted by atomic mass is 9.90. The molecule has 0 bridgehead atoms. The van der Waals surface area contributed by atoms with Gasteiger partial charge < -0.3 is 5.32 Å². The van der Waals surface area contributed by atoms with Crippen LogP contribution in [0.2, 0.25) is 0 Å². The van der Waals surface area contributed by atoms with Crippen molar-refractivity contribution in [3.05, 3.63) is 65.7 Å². The molecule has 1 aliphatic heterocycles. The van der Waals surface area contributed by atoms with E-state index < -0.39 is 0 Å². The first-order valence-electron chi connectivity index (χ1n) is 11.0. The third kappa shape index (κ3) is 6.91. The summed E-state index contributed by atoms with van der Waals surface area (Å²) < 4.78 is 13.7. The van der Waals surface area contributed by atoms with Crippen LogP contribution in [0.25, 0.3) is 0 Å². The Morgan fingerprint density at radius 3 is 2.77 bits per heavy atom. The zero-order valence-corrected chi connectivity index (χ0v) is 18.4. The molecule has 0 saturated carbocycles. The molecule has 162 valence electrons. The van der Waals surface area contributed by atoms with Gasteiger partial charge in [-0.25, -0.2) is 4.39 Å². The third-order valence-electron chi connectivity index (χ3n) is 5.60. The van der Waals surface area contributed by atoms with Gasteiger partial charge >= 0.3 is 0 Å². The van der Waals surface area contributed by atoms with E-state index in [1.165, 1.54) is 12.5 Å². The number of carbonyl (C=O) groups excluding carboxylic acids is 1. The standard InChI is InChI=1S/C25H34FN3O/c1-25(2,3)17-24(30)28-23(22-12-4-6-13-27-22)16-21-11-5-7-14-29(21)18-19-9-8-10-20(26)15-19/h4,6,8-10,12-13,15,21,23H,5,7,11,14,16-18H2,1-3H3,(H,28,30)/t21-,23-/m1/s1. The van der Waals surface area contributed by atoms with Crippen LogP contribution in [0.5, 0.6) is 0 Å². The van der Waals surface area contributed by atoms with E-state index in [1.807, 2.05) is 24.3 Å². The van der Waals surface area contributed by atoms with Gasteiger partial charge in [-0.3, -0.25) is 14.7 Å². The van der Waals surface area contributed by atoms with Crippen molar-refractivity contribution < 1.29 is 9.18 Å². The molecule has 2 aromatic rings. The van der Waals surface area contributed by atoms with E-state index in [1.54, 1.807) is 18.3 Å². The van der Waals surface area contributed by atoms with Crippen molar-refractivity contribution in [2.75, 3.05) is 6.54 Å². The second kappa shape index (κ2) is 10.2.